The van der Waals surface area contributed by atoms with E-state index in [-0.39, 0.29) is 10.8 Å². The maximum Gasteiger partial charge on any atom is 0.265 e. The second-order valence-corrected chi connectivity index (χ2v) is 6.90. The maximum absolute atomic E-state index is 12.1. The first kappa shape index (κ1) is 14.7. The minimum absolute atomic E-state index is 0.0535. The van der Waals surface area contributed by atoms with Gasteiger partial charge >= 0.3 is 0 Å². The predicted molar refractivity (Wildman–Crippen MR) is 79.1 cm³/mol. The Morgan fingerprint density at radius 1 is 1.35 bits per heavy atom. The second-order valence-electron chi connectivity index (χ2n) is 4.36. The fourth-order valence-electron chi connectivity index (χ4n) is 1.40. The van der Waals surface area contributed by atoms with Crippen molar-refractivity contribution in [2.45, 2.75) is 24.7 Å². The number of aromatic nitrogens is 2. The average molecular weight is 313 g/mol. The summed E-state index contributed by atoms with van der Waals surface area (Å²) in [6.07, 6.45) is 1.23. The van der Waals surface area contributed by atoms with Crippen molar-refractivity contribution in [2.24, 2.45) is 5.84 Å². The van der Waals surface area contributed by atoms with Gasteiger partial charge in [0.25, 0.3) is 10.0 Å². The molecule has 0 aliphatic rings. The van der Waals surface area contributed by atoms with Crippen LogP contribution in [0.4, 0.5) is 10.9 Å². The number of thiazole rings is 1. The first-order valence-corrected chi connectivity index (χ1v) is 8.19. The van der Waals surface area contributed by atoms with Crippen LogP contribution in [0, 0.1) is 0 Å². The smallest absolute Gasteiger partial charge is 0.265 e. The highest BCUT2D eigenvalue weighted by molar-refractivity contribution is 7.93. The quantitative estimate of drug-likeness (QED) is 0.573. The molecule has 0 radical (unpaired) electrons. The lowest BCUT2D eigenvalue weighted by Crippen LogP contribution is -2.14. The molecule has 7 nitrogen and oxygen atoms in total. The van der Waals surface area contributed by atoms with Crippen LogP contribution in [0.15, 0.2) is 28.6 Å². The highest BCUT2D eigenvalue weighted by Crippen LogP contribution is 2.23. The van der Waals surface area contributed by atoms with Crippen molar-refractivity contribution in [1.29, 1.82) is 0 Å². The van der Waals surface area contributed by atoms with E-state index < -0.39 is 10.0 Å². The Morgan fingerprint density at radius 3 is 2.60 bits per heavy atom. The Kier molecular flexibility index (Phi) is 4.21. The van der Waals surface area contributed by atoms with Gasteiger partial charge in [-0.2, -0.15) is 0 Å². The third-order valence-corrected chi connectivity index (χ3v) is 4.76. The average Bonchev–Trinajstić information content (AvgIpc) is 2.87. The number of hydrogen-bond acceptors (Lipinski definition) is 7. The van der Waals surface area contributed by atoms with Gasteiger partial charge in [-0.1, -0.05) is 13.8 Å². The largest absolute Gasteiger partial charge is 0.308 e. The summed E-state index contributed by atoms with van der Waals surface area (Å²) < 4.78 is 26.7. The van der Waals surface area contributed by atoms with E-state index in [1.165, 1.54) is 29.7 Å². The summed E-state index contributed by atoms with van der Waals surface area (Å²) in [5.41, 5.74) is 3.19. The van der Waals surface area contributed by atoms with Gasteiger partial charge in [0.2, 0.25) is 0 Å². The molecule has 20 heavy (non-hydrogen) atoms. The van der Waals surface area contributed by atoms with Gasteiger partial charge in [0.05, 0.1) is 5.69 Å². The topological polar surface area (TPSA) is 110 Å². The zero-order chi connectivity index (χ0) is 14.8. The summed E-state index contributed by atoms with van der Waals surface area (Å²) in [5, 5.41) is 2.18. The Morgan fingerprint density at radius 2 is 2.10 bits per heavy atom. The van der Waals surface area contributed by atoms with Crippen LogP contribution in [0.25, 0.3) is 0 Å². The Hall–Kier alpha value is -1.71. The molecule has 2 aromatic heterocycles. The summed E-state index contributed by atoms with van der Waals surface area (Å²) >= 11 is 1.25. The van der Waals surface area contributed by atoms with Gasteiger partial charge in [0.15, 0.2) is 5.13 Å². The van der Waals surface area contributed by atoms with Crippen molar-refractivity contribution in [3.63, 3.8) is 0 Å². The van der Waals surface area contributed by atoms with Gasteiger partial charge in [0, 0.05) is 11.6 Å². The molecule has 0 aliphatic heterocycles. The summed E-state index contributed by atoms with van der Waals surface area (Å²) in [6, 6.07) is 2.90. The van der Waals surface area contributed by atoms with Crippen molar-refractivity contribution >= 4 is 32.3 Å². The van der Waals surface area contributed by atoms with E-state index >= 15 is 0 Å². The van der Waals surface area contributed by atoms with Crippen molar-refractivity contribution < 1.29 is 8.42 Å². The molecular weight excluding hydrogens is 298 g/mol. The number of pyridine rings is 1. The molecular formula is C11H15N5O2S2. The van der Waals surface area contributed by atoms with Gasteiger partial charge in [-0.05, 0) is 18.1 Å². The second kappa shape index (κ2) is 5.73. The number of nitrogen functional groups attached to an aromatic ring is 1. The van der Waals surface area contributed by atoms with Gasteiger partial charge in [0.1, 0.15) is 10.7 Å². The van der Waals surface area contributed by atoms with Crippen LogP contribution < -0.4 is 16.0 Å². The summed E-state index contributed by atoms with van der Waals surface area (Å²) in [7, 11) is -3.68. The number of nitrogens with two attached hydrogens (primary N) is 1. The molecule has 0 fully saturated rings. The minimum atomic E-state index is -3.68. The molecule has 2 heterocycles. The molecule has 0 amide bonds. The molecule has 2 aromatic rings. The number of nitrogens with one attached hydrogen (secondary N) is 2. The molecule has 0 saturated heterocycles. The molecule has 0 unspecified atom stereocenters. The minimum Gasteiger partial charge on any atom is -0.308 e. The van der Waals surface area contributed by atoms with Gasteiger partial charge in [-0.3, -0.25) is 4.72 Å². The first-order chi connectivity index (χ1) is 9.42. The molecule has 0 spiro atoms. The van der Waals surface area contributed by atoms with Gasteiger partial charge in [-0.15, -0.1) is 11.3 Å². The molecule has 0 atom stereocenters. The molecule has 2 rings (SSSR count). The standard InChI is InChI=1S/C11H15N5O2S2/c1-7(2)9-6-19-11(14-9)16-20(17,18)8-3-4-10(15-12)13-5-8/h3-7H,12H2,1-2H3,(H,13,15)(H,14,16). The van der Waals surface area contributed by atoms with Gasteiger partial charge in [-0.25, -0.2) is 24.2 Å². The molecule has 0 bridgehead atoms. The van der Waals surface area contributed by atoms with E-state index in [0.717, 1.165) is 5.69 Å². The Labute approximate surface area is 121 Å². The SMILES string of the molecule is CC(C)c1csc(NS(=O)(=O)c2ccc(NN)nc2)n1. The van der Waals surface area contributed by atoms with E-state index in [1.54, 1.807) is 0 Å². The number of hydrazine groups is 1. The van der Waals surface area contributed by atoms with E-state index in [4.69, 9.17) is 5.84 Å². The fourth-order valence-corrected chi connectivity index (χ4v) is 3.47. The lowest BCUT2D eigenvalue weighted by Gasteiger charge is -2.05. The van der Waals surface area contributed by atoms with Crippen molar-refractivity contribution in [3.8, 4) is 0 Å². The van der Waals surface area contributed by atoms with E-state index in [0.29, 0.717) is 10.9 Å². The van der Waals surface area contributed by atoms with Crippen LogP contribution in [-0.2, 0) is 10.0 Å². The van der Waals surface area contributed by atoms with Crippen LogP contribution in [0.5, 0.6) is 0 Å². The Balaban J connectivity index is 2.21. The first-order valence-electron chi connectivity index (χ1n) is 5.83. The number of nitrogens with zero attached hydrogens (tertiary/aromatic N) is 2. The van der Waals surface area contributed by atoms with Crippen LogP contribution >= 0.6 is 11.3 Å². The highest BCUT2D eigenvalue weighted by atomic mass is 32.2. The number of hydrogen-bond donors (Lipinski definition) is 3. The Bertz CT molecular complexity index is 679. The van der Waals surface area contributed by atoms with Crippen molar-refractivity contribution in [3.05, 3.63) is 29.4 Å². The lowest BCUT2D eigenvalue weighted by molar-refractivity contribution is 0.601. The van der Waals surface area contributed by atoms with Crippen LogP contribution in [0.3, 0.4) is 0 Å². The molecule has 9 heteroatoms. The van der Waals surface area contributed by atoms with Crippen LogP contribution in [0.2, 0.25) is 0 Å². The van der Waals surface area contributed by atoms with E-state index in [2.05, 4.69) is 20.1 Å². The lowest BCUT2D eigenvalue weighted by atomic mass is 10.2. The number of sulfonamides is 1. The molecule has 0 saturated carbocycles. The molecule has 0 aromatic carbocycles. The van der Waals surface area contributed by atoms with E-state index in [1.807, 2.05) is 19.2 Å². The monoisotopic (exact) mass is 313 g/mol. The number of rotatable bonds is 5. The van der Waals surface area contributed by atoms with Gasteiger partial charge < -0.3 is 5.43 Å². The summed E-state index contributed by atoms with van der Waals surface area (Å²) in [4.78, 5) is 8.15. The zero-order valence-electron chi connectivity index (χ0n) is 11.0. The molecule has 0 aliphatic carbocycles. The highest BCUT2D eigenvalue weighted by Gasteiger charge is 2.17. The fraction of sp³-hybridized carbons (Fsp3) is 0.273. The normalized spacial score (nSPS) is 11.6. The zero-order valence-corrected chi connectivity index (χ0v) is 12.6. The third-order valence-electron chi connectivity index (χ3n) is 2.53. The van der Waals surface area contributed by atoms with Crippen LogP contribution in [-0.4, -0.2) is 18.4 Å². The van der Waals surface area contributed by atoms with Crippen molar-refractivity contribution in [2.75, 3.05) is 10.1 Å². The summed E-state index contributed by atoms with van der Waals surface area (Å²) in [6.45, 7) is 3.99. The van der Waals surface area contributed by atoms with E-state index in [9.17, 15) is 8.42 Å². The maximum atomic E-state index is 12.1. The molecule has 108 valence electrons. The number of anilines is 2. The summed E-state index contributed by atoms with van der Waals surface area (Å²) in [5.74, 6) is 5.82. The predicted octanol–water partition coefficient (Wildman–Crippen LogP) is 1.75. The van der Waals surface area contributed by atoms with Crippen molar-refractivity contribution in [1.82, 2.24) is 9.97 Å². The third kappa shape index (κ3) is 3.24. The molecule has 4 N–H and O–H groups in total. The van der Waals surface area contributed by atoms with Crippen LogP contribution in [0.1, 0.15) is 25.5 Å².